The summed E-state index contributed by atoms with van der Waals surface area (Å²) in [6.45, 7) is -5.05. The predicted molar refractivity (Wildman–Crippen MR) is 121 cm³/mol. The monoisotopic (exact) mass is 530 g/mol. The predicted octanol–water partition coefficient (Wildman–Crippen LogP) is 3.22. The van der Waals surface area contributed by atoms with Gasteiger partial charge in [0.2, 0.25) is 17.7 Å². The lowest BCUT2D eigenvalue weighted by atomic mass is 10.0. The van der Waals surface area contributed by atoms with Crippen LogP contribution in [0.5, 0.6) is 5.88 Å². The number of nitrogens with zero attached hydrogens (tertiary/aromatic N) is 7. The molecule has 1 amide bonds. The first-order chi connectivity index (χ1) is 19.9. The molecule has 37 heavy (non-hydrogen) atoms. The summed E-state index contributed by atoms with van der Waals surface area (Å²) in [5.41, 5.74) is -0.571. The summed E-state index contributed by atoms with van der Waals surface area (Å²) in [5, 5.41) is 13.9. The van der Waals surface area contributed by atoms with Crippen molar-refractivity contribution in [1.82, 2.24) is 34.5 Å². The van der Waals surface area contributed by atoms with Crippen LogP contribution in [0.3, 0.4) is 0 Å². The van der Waals surface area contributed by atoms with Crippen LogP contribution in [0, 0.1) is 5.82 Å². The molecule has 1 aromatic carbocycles. The molecule has 2 atom stereocenters. The van der Waals surface area contributed by atoms with Gasteiger partial charge in [0.25, 0.3) is 0 Å². The highest BCUT2D eigenvalue weighted by atomic mass is 19.4. The van der Waals surface area contributed by atoms with Crippen molar-refractivity contribution in [2.45, 2.75) is 38.2 Å². The molecule has 0 aliphatic carbocycles. The largest absolute Gasteiger partial charge is 0.479 e. The van der Waals surface area contributed by atoms with E-state index in [4.69, 9.17) is 13.0 Å². The average Bonchev–Trinajstić information content (AvgIpc) is 3.41. The zero-order valence-corrected chi connectivity index (χ0v) is 18.6. The maximum atomic E-state index is 15.4. The van der Waals surface area contributed by atoms with E-state index in [0.717, 1.165) is 15.6 Å². The van der Waals surface area contributed by atoms with Crippen molar-refractivity contribution in [3.05, 3.63) is 30.2 Å². The highest BCUT2D eigenvalue weighted by Gasteiger charge is 2.32. The lowest BCUT2D eigenvalue weighted by molar-refractivity contribution is -0.142. The molecular formula is C22H21F5N8O2. The lowest BCUT2D eigenvalue weighted by Crippen LogP contribution is -2.49. The first-order valence-electron chi connectivity index (χ1n) is 13.8. The Balaban J connectivity index is 1.52. The van der Waals surface area contributed by atoms with Gasteiger partial charge >= 0.3 is 6.18 Å². The molecule has 1 saturated heterocycles. The van der Waals surface area contributed by atoms with Gasteiger partial charge in [0, 0.05) is 17.5 Å². The Labute approximate surface area is 214 Å². The molecule has 1 N–H and O–H groups in total. The number of ether oxygens (including phenoxy) is 1. The fourth-order valence-corrected chi connectivity index (χ4v) is 4.25. The normalized spacial score (nSPS) is 21.6. The van der Waals surface area contributed by atoms with Crippen LogP contribution in [0.25, 0.3) is 27.7 Å². The number of anilines is 1. The third-order valence-electron chi connectivity index (χ3n) is 5.92. The summed E-state index contributed by atoms with van der Waals surface area (Å²) < 4.78 is 120. The summed E-state index contributed by atoms with van der Waals surface area (Å²) in [6, 6.07) is 2.79. The number of amides is 1. The summed E-state index contributed by atoms with van der Waals surface area (Å²) in [6.07, 6.45) is -5.61. The standard InChI is InChI=1S/C22H21F5N8O2/c1-11(36)33-6-5-15(13(23)8-33)28-21-29-20(37-2)19-18(14(24)9-34(19)31-21)12-3-4-16-17(7-12)35(32-30-16)10-22(25,26)27/h3-4,7,9,13,15H,5-6,8,10H2,1-2H3,(H,28,31)/t13-,15+/m1/s1/i1D3,2D3. The number of likely N-dealkylation sites (tertiary alicyclic amines) is 1. The van der Waals surface area contributed by atoms with Gasteiger partial charge in [0.05, 0.1) is 41.0 Å². The van der Waals surface area contributed by atoms with Crippen LogP contribution < -0.4 is 10.1 Å². The number of piperidine rings is 1. The second-order valence-corrected chi connectivity index (χ2v) is 8.36. The Bertz CT molecular complexity index is 1690. The molecule has 0 saturated carbocycles. The van der Waals surface area contributed by atoms with Gasteiger partial charge in [-0.15, -0.1) is 10.2 Å². The van der Waals surface area contributed by atoms with E-state index in [2.05, 4.69) is 25.7 Å². The summed E-state index contributed by atoms with van der Waals surface area (Å²) in [5.74, 6) is -3.19. The van der Waals surface area contributed by atoms with E-state index >= 15 is 4.39 Å². The molecule has 0 spiro atoms. The van der Waals surface area contributed by atoms with E-state index in [1.807, 2.05) is 0 Å². The third kappa shape index (κ3) is 4.72. The van der Waals surface area contributed by atoms with E-state index in [0.29, 0.717) is 4.68 Å². The van der Waals surface area contributed by atoms with Gasteiger partial charge in [-0.05, 0) is 24.1 Å². The maximum Gasteiger partial charge on any atom is 0.408 e. The van der Waals surface area contributed by atoms with E-state index in [9.17, 15) is 22.4 Å². The van der Waals surface area contributed by atoms with Gasteiger partial charge in [-0.25, -0.2) is 18.0 Å². The topological polar surface area (TPSA) is 102 Å². The van der Waals surface area contributed by atoms with Crippen molar-refractivity contribution in [3.63, 3.8) is 0 Å². The number of rotatable bonds is 5. The summed E-state index contributed by atoms with van der Waals surface area (Å²) in [4.78, 5) is 16.9. The zero-order valence-electron chi connectivity index (χ0n) is 24.6. The molecule has 15 heteroatoms. The van der Waals surface area contributed by atoms with Crippen molar-refractivity contribution >= 4 is 28.4 Å². The van der Waals surface area contributed by atoms with Crippen molar-refractivity contribution < 1.29 is 39.7 Å². The average molecular weight is 530 g/mol. The molecule has 0 bridgehead atoms. The van der Waals surface area contributed by atoms with Gasteiger partial charge in [-0.1, -0.05) is 11.3 Å². The number of carbonyl (C=O) groups excluding carboxylic acids is 1. The van der Waals surface area contributed by atoms with Crippen molar-refractivity contribution in [2.75, 3.05) is 25.4 Å². The van der Waals surface area contributed by atoms with Gasteiger partial charge in [-0.3, -0.25) is 4.79 Å². The number of carbonyl (C=O) groups is 1. The smallest absolute Gasteiger partial charge is 0.408 e. The van der Waals surface area contributed by atoms with Crippen LogP contribution in [-0.2, 0) is 11.3 Å². The number of hydrogen-bond donors (Lipinski definition) is 1. The third-order valence-corrected chi connectivity index (χ3v) is 5.92. The fourth-order valence-electron chi connectivity index (χ4n) is 4.25. The Morgan fingerprint density at radius 2 is 2.19 bits per heavy atom. The zero-order chi connectivity index (χ0) is 31.5. The molecule has 4 heterocycles. The number of alkyl halides is 4. The SMILES string of the molecule is [2H]C([2H])([2H])Oc1nc(N[C@H]2CCN(C(=O)C([2H])([2H])[2H])C[C@H]2F)nn2cc(F)c(-c3ccc4nnn(CC(F)(F)F)c4c3)c12. The minimum absolute atomic E-state index is 0.00745. The van der Waals surface area contributed by atoms with E-state index in [1.165, 1.54) is 18.2 Å². The molecule has 196 valence electrons. The highest BCUT2D eigenvalue weighted by molar-refractivity contribution is 5.89. The molecule has 1 fully saturated rings. The molecule has 1 aliphatic heterocycles. The minimum Gasteiger partial charge on any atom is -0.479 e. The highest BCUT2D eigenvalue weighted by Crippen LogP contribution is 2.35. The van der Waals surface area contributed by atoms with E-state index in [-0.39, 0.29) is 46.6 Å². The molecule has 4 aromatic rings. The second kappa shape index (κ2) is 9.12. The molecule has 10 nitrogen and oxygen atoms in total. The lowest BCUT2D eigenvalue weighted by Gasteiger charge is -2.34. The van der Waals surface area contributed by atoms with Crippen LogP contribution in [0.15, 0.2) is 24.4 Å². The van der Waals surface area contributed by atoms with Crippen LogP contribution in [0.4, 0.5) is 27.9 Å². The summed E-state index contributed by atoms with van der Waals surface area (Å²) >= 11 is 0. The van der Waals surface area contributed by atoms with E-state index in [1.54, 1.807) is 0 Å². The molecular weight excluding hydrogens is 503 g/mol. The molecule has 1 aliphatic rings. The van der Waals surface area contributed by atoms with Crippen molar-refractivity contribution in [2.24, 2.45) is 0 Å². The minimum atomic E-state index is -4.62. The molecule has 0 unspecified atom stereocenters. The molecule has 0 radical (unpaired) electrons. The van der Waals surface area contributed by atoms with Crippen LogP contribution in [0.2, 0.25) is 0 Å². The Morgan fingerprint density at radius 3 is 2.92 bits per heavy atom. The molecule has 3 aromatic heterocycles. The second-order valence-electron chi connectivity index (χ2n) is 8.36. The number of halogens is 5. The van der Waals surface area contributed by atoms with Crippen molar-refractivity contribution in [1.29, 1.82) is 0 Å². The summed E-state index contributed by atoms with van der Waals surface area (Å²) in [7, 11) is -3.09. The first-order valence-corrected chi connectivity index (χ1v) is 10.8. The first kappa shape index (κ1) is 18.2. The van der Waals surface area contributed by atoms with Crippen LogP contribution >= 0.6 is 0 Å². The Hall–Kier alpha value is -4.04. The number of hydrogen-bond acceptors (Lipinski definition) is 7. The van der Waals surface area contributed by atoms with Crippen LogP contribution in [0.1, 0.15) is 21.5 Å². The maximum absolute atomic E-state index is 15.4. The van der Waals surface area contributed by atoms with Gasteiger partial charge in [0.1, 0.15) is 23.7 Å². The van der Waals surface area contributed by atoms with Gasteiger partial charge < -0.3 is 15.0 Å². The number of methoxy groups -OCH3 is 1. The Morgan fingerprint density at radius 1 is 1.35 bits per heavy atom. The van der Waals surface area contributed by atoms with Crippen molar-refractivity contribution in [3.8, 4) is 17.0 Å². The Kier molecular flexibility index (Phi) is 4.50. The number of aromatic nitrogens is 6. The van der Waals surface area contributed by atoms with Crippen LogP contribution in [-0.4, -0.2) is 78.9 Å². The number of nitrogens with one attached hydrogen (secondary N) is 1. The fraction of sp³-hybridized carbons (Fsp3) is 0.409. The molecule has 5 rings (SSSR count). The van der Waals surface area contributed by atoms with Gasteiger partial charge in [0.15, 0.2) is 5.82 Å². The number of benzene rings is 1. The van der Waals surface area contributed by atoms with Gasteiger partial charge in [-0.2, -0.15) is 18.2 Å². The quantitative estimate of drug-likeness (QED) is 0.396. The van der Waals surface area contributed by atoms with E-state index < -0.39 is 63.0 Å². The number of fused-ring (bicyclic) bond motifs is 2.